The van der Waals surface area contributed by atoms with Crippen LogP contribution in [0.5, 0.6) is 0 Å². The topological polar surface area (TPSA) is 34.9 Å². The number of aryl methyl sites for hydroxylation is 1. The van der Waals surface area contributed by atoms with Crippen molar-refractivity contribution in [2.24, 2.45) is 0 Å². The molecular formula is C18H23ClN2O. The Morgan fingerprint density at radius 1 is 1.09 bits per heavy atom. The van der Waals surface area contributed by atoms with Crippen molar-refractivity contribution in [1.82, 2.24) is 9.55 Å². The maximum absolute atomic E-state index is 12.3. The predicted molar refractivity (Wildman–Crippen MR) is 92.5 cm³/mol. The van der Waals surface area contributed by atoms with Gasteiger partial charge in [-0.1, -0.05) is 49.9 Å². The molecule has 2 rings (SSSR count). The van der Waals surface area contributed by atoms with E-state index in [9.17, 15) is 4.79 Å². The lowest BCUT2D eigenvalue weighted by atomic mass is 10.1. The molecule has 3 nitrogen and oxygen atoms in total. The van der Waals surface area contributed by atoms with Crippen molar-refractivity contribution in [3.05, 3.63) is 51.5 Å². The van der Waals surface area contributed by atoms with Gasteiger partial charge in [-0.15, -0.1) is 0 Å². The van der Waals surface area contributed by atoms with E-state index in [1.165, 1.54) is 19.3 Å². The van der Waals surface area contributed by atoms with Crippen molar-refractivity contribution < 1.29 is 0 Å². The fourth-order valence-corrected chi connectivity index (χ4v) is 2.69. The van der Waals surface area contributed by atoms with Crippen molar-refractivity contribution in [2.75, 3.05) is 0 Å². The predicted octanol–water partition coefficient (Wildman–Crippen LogP) is 4.71. The Morgan fingerprint density at radius 3 is 2.45 bits per heavy atom. The molecule has 0 spiro atoms. The third-order valence-corrected chi connectivity index (χ3v) is 4.05. The number of nitrogens with zero attached hydrogens (tertiary/aromatic N) is 2. The molecule has 1 aromatic carbocycles. The van der Waals surface area contributed by atoms with Gasteiger partial charge in [0.05, 0.1) is 5.69 Å². The number of benzene rings is 1. The Morgan fingerprint density at radius 2 is 1.82 bits per heavy atom. The Labute approximate surface area is 137 Å². The van der Waals surface area contributed by atoms with Gasteiger partial charge in [-0.3, -0.25) is 9.36 Å². The van der Waals surface area contributed by atoms with Crippen LogP contribution in [0.2, 0.25) is 5.02 Å². The molecule has 0 aliphatic heterocycles. The summed E-state index contributed by atoms with van der Waals surface area (Å²) in [6, 6.07) is 9.07. The summed E-state index contributed by atoms with van der Waals surface area (Å²) in [5, 5.41) is 0.686. The van der Waals surface area contributed by atoms with Crippen LogP contribution in [0.3, 0.4) is 0 Å². The van der Waals surface area contributed by atoms with Crippen LogP contribution in [0, 0.1) is 0 Å². The standard InChI is InChI=1S/C18H23ClN2O/c1-3-5-6-7-8-17-20-16(13-18(22)21(17)4-2)14-9-11-15(19)12-10-14/h9-13H,3-8H2,1-2H3. The summed E-state index contributed by atoms with van der Waals surface area (Å²) >= 11 is 5.92. The van der Waals surface area contributed by atoms with Gasteiger partial charge < -0.3 is 0 Å². The maximum atomic E-state index is 12.3. The number of halogens is 1. The molecule has 2 aromatic rings. The SMILES string of the molecule is CCCCCCc1nc(-c2ccc(Cl)cc2)cc(=O)n1CC. The first kappa shape index (κ1) is 16.8. The third kappa shape index (κ3) is 4.20. The van der Waals surface area contributed by atoms with Gasteiger partial charge in [0.1, 0.15) is 5.82 Å². The van der Waals surface area contributed by atoms with Gasteiger partial charge in [-0.05, 0) is 25.5 Å². The smallest absolute Gasteiger partial charge is 0.254 e. The molecule has 4 heteroatoms. The highest BCUT2D eigenvalue weighted by molar-refractivity contribution is 6.30. The molecular weight excluding hydrogens is 296 g/mol. The molecule has 0 bridgehead atoms. The number of unbranched alkanes of at least 4 members (excludes halogenated alkanes) is 3. The van der Waals surface area contributed by atoms with Crippen molar-refractivity contribution >= 4 is 11.6 Å². The lowest BCUT2D eigenvalue weighted by molar-refractivity contribution is 0.597. The van der Waals surface area contributed by atoms with Crippen LogP contribution in [-0.4, -0.2) is 9.55 Å². The fraction of sp³-hybridized carbons (Fsp3) is 0.444. The van der Waals surface area contributed by atoms with E-state index in [1.54, 1.807) is 10.6 Å². The molecule has 0 radical (unpaired) electrons. The number of rotatable bonds is 7. The summed E-state index contributed by atoms with van der Waals surface area (Å²) in [7, 11) is 0. The largest absolute Gasteiger partial charge is 0.297 e. The zero-order chi connectivity index (χ0) is 15.9. The molecule has 118 valence electrons. The average Bonchev–Trinajstić information content (AvgIpc) is 2.52. The second-order valence-electron chi connectivity index (χ2n) is 5.46. The molecule has 22 heavy (non-hydrogen) atoms. The highest BCUT2D eigenvalue weighted by atomic mass is 35.5. The summed E-state index contributed by atoms with van der Waals surface area (Å²) in [6.07, 6.45) is 5.54. The third-order valence-electron chi connectivity index (χ3n) is 3.80. The van der Waals surface area contributed by atoms with E-state index >= 15 is 0 Å². The summed E-state index contributed by atoms with van der Waals surface area (Å²) in [4.78, 5) is 17.0. The van der Waals surface area contributed by atoms with Crippen LogP contribution in [0.15, 0.2) is 35.1 Å². The van der Waals surface area contributed by atoms with Crippen LogP contribution in [0.25, 0.3) is 11.3 Å². The molecule has 0 fully saturated rings. The molecule has 0 N–H and O–H groups in total. The summed E-state index contributed by atoms with van der Waals surface area (Å²) < 4.78 is 1.77. The van der Waals surface area contributed by atoms with Gasteiger partial charge in [-0.2, -0.15) is 0 Å². The first-order chi connectivity index (χ1) is 10.7. The van der Waals surface area contributed by atoms with Crippen LogP contribution >= 0.6 is 11.6 Å². The summed E-state index contributed by atoms with van der Waals surface area (Å²) in [6.45, 7) is 4.85. The highest BCUT2D eigenvalue weighted by Crippen LogP contribution is 2.19. The summed E-state index contributed by atoms with van der Waals surface area (Å²) in [5.41, 5.74) is 1.68. The first-order valence-electron chi connectivity index (χ1n) is 8.02. The van der Waals surface area contributed by atoms with Crippen LogP contribution in [0.1, 0.15) is 45.4 Å². The molecule has 0 aliphatic carbocycles. The average molecular weight is 319 g/mol. The van der Waals surface area contributed by atoms with Gasteiger partial charge in [0.2, 0.25) is 0 Å². The maximum Gasteiger partial charge on any atom is 0.254 e. The monoisotopic (exact) mass is 318 g/mol. The molecule has 1 aromatic heterocycles. The van der Waals surface area contributed by atoms with Crippen LogP contribution in [0.4, 0.5) is 0 Å². The van der Waals surface area contributed by atoms with Gasteiger partial charge in [-0.25, -0.2) is 4.98 Å². The van der Waals surface area contributed by atoms with Gasteiger partial charge in [0.15, 0.2) is 0 Å². The second kappa shape index (κ2) is 8.14. The number of hydrogen-bond donors (Lipinski definition) is 0. The number of hydrogen-bond acceptors (Lipinski definition) is 2. The Hall–Kier alpha value is -1.61. The van der Waals surface area contributed by atoms with E-state index in [1.807, 2.05) is 31.2 Å². The van der Waals surface area contributed by atoms with Crippen molar-refractivity contribution in [3.8, 4) is 11.3 Å². The molecule has 0 atom stereocenters. The quantitative estimate of drug-likeness (QED) is 0.693. The molecule has 1 heterocycles. The lowest BCUT2D eigenvalue weighted by Crippen LogP contribution is -2.24. The normalized spacial score (nSPS) is 10.9. The molecule has 0 aliphatic rings. The molecule has 0 unspecified atom stereocenters. The molecule has 0 saturated carbocycles. The van der Waals surface area contributed by atoms with Crippen molar-refractivity contribution in [1.29, 1.82) is 0 Å². The van der Waals surface area contributed by atoms with Crippen molar-refractivity contribution in [3.63, 3.8) is 0 Å². The summed E-state index contributed by atoms with van der Waals surface area (Å²) in [5.74, 6) is 0.885. The lowest BCUT2D eigenvalue weighted by Gasteiger charge is -2.12. The van der Waals surface area contributed by atoms with E-state index in [0.717, 1.165) is 29.9 Å². The Kier molecular flexibility index (Phi) is 6.20. The highest BCUT2D eigenvalue weighted by Gasteiger charge is 2.09. The van der Waals surface area contributed by atoms with Gasteiger partial charge in [0.25, 0.3) is 5.56 Å². The molecule has 0 amide bonds. The zero-order valence-corrected chi connectivity index (χ0v) is 14.1. The first-order valence-corrected chi connectivity index (χ1v) is 8.40. The van der Waals surface area contributed by atoms with Gasteiger partial charge in [0, 0.05) is 29.6 Å². The van der Waals surface area contributed by atoms with Crippen LogP contribution < -0.4 is 5.56 Å². The van der Waals surface area contributed by atoms with E-state index in [0.29, 0.717) is 11.6 Å². The Bertz CT molecular complexity index is 662. The zero-order valence-electron chi connectivity index (χ0n) is 13.3. The Balaban J connectivity index is 2.30. The minimum Gasteiger partial charge on any atom is -0.297 e. The second-order valence-corrected chi connectivity index (χ2v) is 5.89. The van der Waals surface area contributed by atoms with E-state index in [-0.39, 0.29) is 5.56 Å². The van der Waals surface area contributed by atoms with E-state index in [2.05, 4.69) is 6.92 Å². The number of aromatic nitrogens is 2. The van der Waals surface area contributed by atoms with Crippen molar-refractivity contribution in [2.45, 2.75) is 52.5 Å². The van der Waals surface area contributed by atoms with Gasteiger partial charge >= 0.3 is 0 Å². The van der Waals surface area contributed by atoms with E-state index < -0.39 is 0 Å². The molecule has 0 saturated heterocycles. The minimum atomic E-state index is 0.0212. The minimum absolute atomic E-state index is 0.0212. The van der Waals surface area contributed by atoms with E-state index in [4.69, 9.17) is 16.6 Å². The van der Waals surface area contributed by atoms with Crippen LogP contribution in [-0.2, 0) is 13.0 Å². The fourth-order valence-electron chi connectivity index (χ4n) is 2.56.